The molecule has 0 bridgehead atoms. The quantitative estimate of drug-likeness (QED) is 0.904. The Hall–Kier alpha value is -2.21. The molecule has 2 aliphatic heterocycles. The summed E-state index contributed by atoms with van der Waals surface area (Å²) >= 11 is 0. The number of hydrogen-bond donors (Lipinski definition) is 1. The summed E-state index contributed by atoms with van der Waals surface area (Å²) in [5, 5.41) is 3.16. The van der Waals surface area contributed by atoms with Crippen LogP contribution in [0, 0.1) is 0 Å². The summed E-state index contributed by atoms with van der Waals surface area (Å²) in [6, 6.07) is 16.9. The number of carbonyl (C=O) groups excluding carboxylic acids is 1. The maximum absolute atomic E-state index is 12.6. The minimum Gasteiger partial charge on any atom is -0.379 e. The van der Waals surface area contributed by atoms with Crippen molar-refractivity contribution >= 4 is 11.6 Å². The van der Waals surface area contributed by atoms with Gasteiger partial charge in [0.2, 0.25) is 5.91 Å². The molecule has 4 rings (SSSR count). The molecule has 2 aliphatic rings. The van der Waals surface area contributed by atoms with Crippen LogP contribution in [0.5, 0.6) is 0 Å². The van der Waals surface area contributed by atoms with Gasteiger partial charge < -0.3 is 15.0 Å². The summed E-state index contributed by atoms with van der Waals surface area (Å²) in [5.74, 6) is 0.380. The van der Waals surface area contributed by atoms with Crippen LogP contribution in [0.4, 0.5) is 5.69 Å². The Bertz CT molecular complexity index is 787. The number of rotatable bonds is 4. The van der Waals surface area contributed by atoms with Gasteiger partial charge in [0.15, 0.2) is 0 Å². The molecule has 27 heavy (non-hydrogen) atoms. The number of hydrogen-bond acceptors (Lipinski definition) is 4. The van der Waals surface area contributed by atoms with E-state index in [0.717, 1.165) is 31.9 Å². The first-order valence-electron chi connectivity index (χ1n) is 9.66. The second kappa shape index (κ2) is 8.21. The largest absolute Gasteiger partial charge is 0.379 e. The molecule has 2 heterocycles. The molecule has 5 nitrogen and oxygen atoms in total. The van der Waals surface area contributed by atoms with E-state index in [1.54, 1.807) is 0 Å². The van der Waals surface area contributed by atoms with Crippen LogP contribution in [0.1, 0.15) is 22.6 Å². The van der Waals surface area contributed by atoms with Gasteiger partial charge in [0.25, 0.3) is 0 Å². The van der Waals surface area contributed by atoms with Crippen LogP contribution in [0.25, 0.3) is 0 Å². The first kappa shape index (κ1) is 18.2. The van der Waals surface area contributed by atoms with Gasteiger partial charge in [-0.05, 0) is 29.8 Å². The summed E-state index contributed by atoms with van der Waals surface area (Å²) in [7, 11) is 2.14. The van der Waals surface area contributed by atoms with E-state index in [-0.39, 0.29) is 5.91 Å². The molecule has 0 aromatic heterocycles. The van der Waals surface area contributed by atoms with Gasteiger partial charge in [-0.1, -0.05) is 42.5 Å². The summed E-state index contributed by atoms with van der Waals surface area (Å²) < 4.78 is 5.36. The van der Waals surface area contributed by atoms with E-state index in [4.69, 9.17) is 4.74 Å². The molecule has 1 amide bonds. The molecule has 1 N–H and O–H groups in total. The molecule has 0 saturated carbocycles. The van der Waals surface area contributed by atoms with Crippen molar-refractivity contribution in [2.24, 2.45) is 0 Å². The Labute approximate surface area is 160 Å². The van der Waals surface area contributed by atoms with Crippen LogP contribution in [-0.2, 0) is 16.1 Å². The average molecular weight is 365 g/mol. The monoisotopic (exact) mass is 365 g/mol. The molecule has 0 aliphatic carbocycles. The molecule has 2 aromatic carbocycles. The Morgan fingerprint density at radius 3 is 2.67 bits per heavy atom. The molecule has 1 atom stereocenters. The summed E-state index contributed by atoms with van der Waals surface area (Å²) in [6.07, 6.45) is 0. The molecular formula is C22H27N3O2. The number of morpholine rings is 1. The molecule has 1 saturated heterocycles. The predicted octanol–water partition coefficient (Wildman–Crippen LogP) is 2.53. The molecule has 1 unspecified atom stereocenters. The lowest BCUT2D eigenvalue weighted by atomic mass is 9.84. The standard InChI is InChI=1S/C22H27N3O2/c1-24-14-19(17-6-3-2-4-7-17)18-8-5-9-21(20(18)15-24)23-22(26)16-25-10-12-27-13-11-25/h2-9,19H,10-16H2,1H3,(H,23,26). The number of benzene rings is 2. The smallest absolute Gasteiger partial charge is 0.238 e. The minimum atomic E-state index is 0.0507. The molecule has 1 fully saturated rings. The second-order valence-corrected chi connectivity index (χ2v) is 7.47. The van der Waals surface area contributed by atoms with Crippen LogP contribution in [0.15, 0.2) is 48.5 Å². The van der Waals surface area contributed by atoms with Crippen molar-refractivity contribution in [2.75, 3.05) is 51.8 Å². The van der Waals surface area contributed by atoms with Crippen molar-refractivity contribution < 1.29 is 9.53 Å². The van der Waals surface area contributed by atoms with Gasteiger partial charge in [0.05, 0.1) is 19.8 Å². The third-order valence-corrected chi connectivity index (χ3v) is 5.46. The highest BCUT2D eigenvalue weighted by Gasteiger charge is 2.27. The summed E-state index contributed by atoms with van der Waals surface area (Å²) in [5.41, 5.74) is 4.82. The highest BCUT2D eigenvalue weighted by Crippen LogP contribution is 2.36. The van der Waals surface area contributed by atoms with E-state index in [1.165, 1.54) is 16.7 Å². The minimum absolute atomic E-state index is 0.0507. The maximum atomic E-state index is 12.6. The van der Waals surface area contributed by atoms with Crippen LogP contribution in [-0.4, -0.2) is 62.1 Å². The van der Waals surface area contributed by atoms with Crippen molar-refractivity contribution in [1.82, 2.24) is 9.80 Å². The van der Waals surface area contributed by atoms with Gasteiger partial charge in [0, 0.05) is 37.8 Å². The van der Waals surface area contributed by atoms with Gasteiger partial charge >= 0.3 is 0 Å². The van der Waals surface area contributed by atoms with Crippen molar-refractivity contribution in [2.45, 2.75) is 12.5 Å². The third-order valence-electron chi connectivity index (χ3n) is 5.46. The van der Waals surface area contributed by atoms with E-state index in [0.29, 0.717) is 25.7 Å². The number of ether oxygens (including phenoxy) is 1. The normalized spacial score (nSPS) is 20.9. The lowest BCUT2D eigenvalue weighted by molar-refractivity contribution is -0.118. The Morgan fingerprint density at radius 1 is 1.11 bits per heavy atom. The zero-order chi connectivity index (χ0) is 18.6. The molecule has 142 valence electrons. The van der Waals surface area contributed by atoms with Gasteiger partial charge in [-0.15, -0.1) is 0 Å². The highest BCUT2D eigenvalue weighted by molar-refractivity contribution is 5.93. The number of nitrogens with one attached hydrogen (secondary N) is 1. The lowest BCUT2D eigenvalue weighted by Gasteiger charge is -2.34. The van der Waals surface area contributed by atoms with Crippen molar-refractivity contribution in [3.63, 3.8) is 0 Å². The van der Waals surface area contributed by atoms with E-state index >= 15 is 0 Å². The number of nitrogens with zero attached hydrogens (tertiary/aromatic N) is 2. The Morgan fingerprint density at radius 2 is 1.89 bits per heavy atom. The van der Waals surface area contributed by atoms with Crippen LogP contribution >= 0.6 is 0 Å². The number of amides is 1. The molecule has 0 radical (unpaired) electrons. The maximum Gasteiger partial charge on any atom is 0.238 e. The fourth-order valence-electron chi connectivity index (χ4n) is 4.09. The number of carbonyl (C=O) groups is 1. The zero-order valence-electron chi connectivity index (χ0n) is 15.9. The number of fused-ring (bicyclic) bond motifs is 1. The fraction of sp³-hybridized carbons (Fsp3) is 0.409. The SMILES string of the molecule is CN1Cc2c(NC(=O)CN3CCOCC3)cccc2C(c2ccccc2)C1. The van der Waals surface area contributed by atoms with Gasteiger partial charge in [-0.3, -0.25) is 9.69 Å². The molecule has 0 spiro atoms. The Kier molecular flexibility index (Phi) is 5.53. The Balaban J connectivity index is 1.55. The van der Waals surface area contributed by atoms with Crippen molar-refractivity contribution in [3.8, 4) is 0 Å². The van der Waals surface area contributed by atoms with Gasteiger partial charge in [0.1, 0.15) is 0 Å². The van der Waals surface area contributed by atoms with Crippen LogP contribution in [0.2, 0.25) is 0 Å². The topological polar surface area (TPSA) is 44.8 Å². The molecular weight excluding hydrogens is 338 g/mol. The molecule has 2 aromatic rings. The predicted molar refractivity (Wildman–Crippen MR) is 107 cm³/mol. The van der Waals surface area contributed by atoms with E-state index < -0.39 is 0 Å². The van der Waals surface area contributed by atoms with Crippen LogP contribution < -0.4 is 5.32 Å². The second-order valence-electron chi connectivity index (χ2n) is 7.47. The zero-order valence-corrected chi connectivity index (χ0v) is 15.9. The highest BCUT2D eigenvalue weighted by atomic mass is 16.5. The van der Waals surface area contributed by atoms with Gasteiger partial charge in [-0.25, -0.2) is 0 Å². The third kappa shape index (κ3) is 4.21. The van der Waals surface area contributed by atoms with Crippen LogP contribution in [0.3, 0.4) is 0 Å². The van der Waals surface area contributed by atoms with Crippen molar-refractivity contribution in [3.05, 3.63) is 65.2 Å². The average Bonchev–Trinajstić information content (AvgIpc) is 2.69. The lowest BCUT2D eigenvalue weighted by Crippen LogP contribution is -2.41. The molecule has 5 heteroatoms. The first-order valence-corrected chi connectivity index (χ1v) is 9.66. The number of anilines is 1. The van der Waals surface area contributed by atoms with E-state index in [1.807, 2.05) is 6.07 Å². The number of likely N-dealkylation sites (N-methyl/N-ethyl adjacent to an activating group) is 1. The van der Waals surface area contributed by atoms with Crippen molar-refractivity contribution in [1.29, 1.82) is 0 Å². The summed E-state index contributed by atoms with van der Waals surface area (Å²) in [6.45, 7) is 5.31. The fourth-order valence-corrected chi connectivity index (χ4v) is 4.09. The van der Waals surface area contributed by atoms with E-state index in [9.17, 15) is 4.79 Å². The van der Waals surface area contributed by atoms with Gasteiger partial charge in [-0.2, -0.15) is 0 Å². The van der Waals surface area contributed by atoms with E-state index in [2.05, 4.69) is 64.6 Å². The summed E-state index contributed by atoms with van der Waals surface area (Å²) in [4.78, 5) is 17.1. The first-order chi connectivity index (χ1) is 13.2.